The number of likely N-dealkylation sites (tertiary alicyclic amines) is 1. The van der Waals surface area contributed by atoms with Crippen LogP contribution in [0.25, 0.3) is 0 Å². The van der Waals surface area contributed by atoms with Crippen LogP contribution in [0.2, 0.25) is 0 Å². The molecule has 3 nitrogen and oxygen atoms in total. The van der Waals surface area contributed by atoms with Crippen molar-refractivity contribution in [2.24, 2.45) is 11.7 Å². The maximum absolute atomic E-state index is 11.5. The lowest BCUT2D eigenvalue weighted by atomic mass is 10.0. The summed E-state index contributed by atoms with van der Waals surface area (Å²) in [5.74, 6) is 0.163. The minimum Gasteiger partial charge on any atom is -0.368 e. The Balaban J connectivity index is 2.20. The fourth-order valence-electron chi connectivity index (χ4n) is 2.78. The third-order valence-corrected chi connectivity index (χ3v) is 3.81. The van der Waals surface area contributed by atoms with Gasteiger partial charge in [0, 0.05) is 6.04 Å². The third-order valence-electron chi connectivity index (χ3n) is 3.81. The van der Waals surface area contributed by atoms with Gasteiger partial charge in [0.15, 0.2) is 0 Å². The number of amides is 1. The van der Waals surface area contributed by atoms with Gasteiger partial charge in [-0.1, -0.05) is 37.3 Å². The van der Waals surface area contributed by atoms with Gasteiger partial charge in [-0.15, -0.1) is 0 Å². The Hall–Kier alpha value is -1.35. The molecule has 3 atom stereocenters. The lowest BCUT2D eigenvalue weighted by Gasteiger charge is -2.30. The van der Waals surface area contributed by atoms with Crippen molar-refractivity contribution in [3.8, 4) is 0 Å². The van der Waals surface area contributed by atoms with Crippen molar-refractivity contribution in [3.63, 3.8) is 0 Å². The van der Waals surface area contributed by atoms with Crippen LogP contribution in [0.4, 0.5) is 0 Å². The van der Waals surface area contributed by atoms with Crippen LogP contribution in [0.5, 0.6) is 0 Å². The van der Waals surface area contributed by atoms with Crippen LogP contribution in [0.1, 0.15) is 31.9 Å². The normalized spacial score (nSPS) is 26.9. The van der Waals surface area contributed by atoms with Crippen LogP contribution in [-0.2, 0) is 4.79 Å². The van der Waals surface area contributed by atoms with Gasteiger partial charge in [-0.2, -0.15) is 0 Å². The summed E-state index contributed by atoms with van der Waals surface area (Å²) < 4.78 is 0. The Morgan fingerprint density at radius 2 is 2.06 bits per heavy atom. The van der Waals surface area contributed by atoms with E-state index in [0.717, 1.165) is 13.0 Å². The number of hydrogen-bond acceptors (Lipinski definition) is 2. The molecule has 2 N–H and O–H groups in total. The number of benzene rings is 1. The molecule has 1 amide bonds. The van der Waals surface area contributed by atoms with E-state index >= 15 is 0 Å². The number of nitrogens with zero attached hydrogens (tertiary/aromatic N) is 1. The number of rotatable bonds is 3. The maximum Gasteiger partial charge on any atom is 0.235 e. The lowest BCUT2D eigenvalue weighted by Crippen LogP contribution is -2.44. The molecule has 0 saturated carbocycles. The predicted octanol–water partition coefficient (Wildman–Crippen LogP) is 1.94. The zero-order chi connectivity index (χ0) is 12.4. The summed E-state index contributed by atoms with van der Waals surface area (Å²) in [6.07, 6.45) is 1.05. The molecule has 1 aromatic rings. The maximum atomic E-state index is 11.5. The minimum atomic E-state index is -0.196. The first-order chi connectivity index (χ1) is 8.11. The number of carbonyl (C=O) groups is 1. The van der Waals surface area contributed by atoms with Gasteiger partial charge in [-0.05, 0) is 31.4 Å². The second-order valence-electron chi connectivity index (χ2n) is 4.94. The molecule has 1 fully saturated rings. The Morgan fingerprint density at radius 3 is 2.65 bits per heavy atom. The van der Waals surface area contributed by atoms with E-state index < -0.39 is 0 Å². The first-order valence-electron chi connectivity index (χ1n) is 6.21. The van der Waals surface area contributed by atoms with E-state index in [4.69, 9.17) is 5.73 Å². The monoisotopic (exact) mass is 232 g/mol. The average molecular weight is 232 g/mol. The van der Waals surface area contributed by atoms with E-state index in [1.54, 1.807) is 0 Å². The first-order valence-corrected chi connectivity index (χ1v) is 6.21. The summed E-state index contributed by atoms with van der Waals surface area (Å²) >= 11 is 0. The number of primary amides is 1. The minimum absolute atomic E-state index is 0.120. The summed E-state index contributed by atoms with van der Waals surface area (Å²) in [7, 11) is 0. The summed E-state index contributed by atoms with van der Waals surface area (Å²) in [5, 5.41) is 0. The van der Waals surface area contributed by atoms with Crippen LogP contribution < -0.4 is 5.73 Å². The van der Waals surface area contributed by atoms with Crippen molar-refractivity contribution in [3.05, 3.63) is 35.9 Å². The number of hydrogen-bond donors (Lipinski definition) is 1. The topological polar surface area (TPSA) is 46.3 Å². The molecule has 0 aliphatic carbocycles. The zero-order valence-corrected chi connectivity index (χ0v) is 10.5. The summed E-state index contributed by atoms with van der Waals surface area (Å²) in [4.78, 5) is 13.8. The van der Waals surface area contributed by atoms with Gasteiger partial charge in [0.1, 0.15) is 0 Å². The Labute approximate surface area is 103 Å². The second kappa shape index (κ2) is 4.88. The fraction of sp³-hybridized carbons (Fsp3) is 0.500. The van der Waals surface area contributed by atoms with Crippen molar-refractivity contribution in [1.29, 1.82) is 0 Å². The van der Waals surface area contributed by atoms with Crippen molar-refractivity contribution in [1.82, 2.24) is 4.90 Å². The molecule has 0 spiro atoms. The molecular formula is C14H20N2O. The fourth-order valence-corrected chi connectivity index (χ4v) is 2.78. The van der Waals surface area contributed by atoms with E-state index in [1.807, 2.05) is 18.2 Å². The first kappa shape index (κ1) is 12.1. The van der Waals surface area contributed by atoms with Gasteiger partial charge in [-0.3, -0.25) is 9.69 Å². The smallest absolute Gasteiger partial charge is 0.235 e. The molecule has 0 radical (unpaired) electrons. The van der Waals surface area contributed by atoms with E-state index in [1.165, 1.54) is 5.56 Å². The number of nitrogens with two attached hydrogens (primary N) is 1. The Bertz CT molecular complexity index is 390. The van der Waals surface area contributed by atoms with Crippen molar-refractivity contribution in [2.75, 3.05) is 6.54 Å². The van der Waals surface area contributed by atoms with Crippen molar-refractivity contribution >= 4 is 5.91 Å². The largest absolute Gasteiger partial charge is 0.368 e. The summed E-state index contributed by atoms with van der Waals surface area (Å²) in [6.45, 7) is 5.20. The van der Waals surface area contributed by atoms with E-state index in [2.05, 4.69) is 30.9 Å². The molecule has 0 bridgehead atoms. The van der Waals surface area contributed by atoms with Crippen molar-refractivity contribution in [2.45, 2.75) is 32.4 Å². The van der Waals surface area contributed by atoms with Crippen LogP contribution in [-0.4, -0.2) is 23.4 Å². The van der Waals surface area contributed by atoms with Gasteiger partial charge in [0.05, 0.1) is 6.04 Å². The molecule has 1 aliphatic rings. The zero-order valence-electron chi connectivity index (χ0n) is 10.5. The molecule has 3 heteroatoms. The Kier molecular flexibility index (Phi) is 3.48. The van der Waals surface area contributed by atoms with Gasteiger partial charge in [0.2, 0.25) is 5.91 Å². The molecule has 2 unspecified atom stereocenters. The molecule has 1 heterocycles. The van der Waals surface area contributed by atoms with E-state index in [-0.39, 0.29) is 18.0 Å². The molecule has 2 rings (SSSR count). The van der Waals surface area contributed by atoms with Crippen LogP contribution in [0, 0.1) is 5.92 Å². The summed E-state index contributed by atoms with van der Waals surface area (Å²) in [6, 6.07) is 10.4. The highest BCUT2D eigenvalue weighted by Gasteiger charge is 2.37. The molecule has 1 aromatic carbocycles. The highest BCUT2D eigenvalue weighted by molar-refractivity contribution is 5.80. The third kappa shape index (κ3) is 2.34. The molecule has 92 valence electrons. The van der Waals surface area contributed by atoms with Gasteiger partial charge >= 0.3 is 0 Å². The van der Waals surface area contributed by atoms with Gasteiger partial charge in [-0.25, -0.2) is 0 Å². The number of carbonyl (C=O) groups excluding carboxylic acids is 1. The highest BCUT2D eigenvalue weighted by Crippen LogP contribution is 2.32. The second-order valence-corrected chi connectivity index (χ2v) is 4.94. The molecule has 1 saturated heterocycles. The van der Waals surface area contributed by atoms with Crippen LogP contribution in [0.15, 0.2) is 30.3 Å². The lowest BCUT2D eigenvalue weighted by molar-refractivity contribution is -0.123. The van der Waals surface area contributed by atoms with Crippen molar-refractivity contribution < 1.29 is 4.79 Å². The van der Waals surface area contributed by atoms with E-state index in [0.29, 0.717) is 5.92 Å². The molecule has 1 aliphatic heterocycles. The summed E-state index contributed by atoms with van der Waals surface area (Å²) in [5.41, 5.74) is 6.76. The standard InChI is InChI=1S/C14H20N2O/c1-10-8-9-16(13(10)14(15)17)11(2)12-6-4-3-5-7-12/h3-7,10-11,13H,8-9H2,1-2H3,(H2,15,17)/t10?,11-,13?/m0/s1. The van der Waals surface area contributed by atoms with Gasteiger partial charge in [0.25, 0.3) is 0 Å². The molecule has 17 heavy (non-hydrogen) atoms. The SMILES string of the molecule is CC1CCN([C@@H](C)c2ccccc2)C1C(N)=O. The Morgan fingerprint density at radius 1 is 1.41 bits per heavy atom. The van der Waals surface area contributed by atoms with Crippen LogP contribution in [0.3, 0.4) is 0 Å². The quantitative estimate of drug-likeness (QED) is 0.865. The van der Waals surface area contributed by atoms with Crippen LogP contribution >= 0.6 is 0 Å². The molecular weight excluding hydrogens is 212 g/mol. The molecule has 0 aromatic heterocycles. The predicted molar refractivity (Wildman–Crippen MR) is 68.3 cm³/mol. The van der Waals surface area contributed by atoms with Gasteiger partial charge < -0.3 is 5.73 Å². The van der Waals surface area contributed by atoms with E-state index in [9.17, 15) is 4.79 Å². The highest BCUT2D eigenvalue weighted by atomic mass is 16.1. The average Bonchev–Trinajstić information content (AvgIpc) is 2.71.